The highest BCUT2D eigenvalue weighted by molar-refractivity contribution is 5.97. The fraction of sp³-hybridized carbons (Fsp3) is 0.278. The number of carbonyl (C=O) groups excluding carboxylic acids is 1. The molecule has 1 atom stereocenters. The smallest absolute Gasteiger partial charge is 0.416 e. The van der Waals surface area contributed by atoms with Crippen LogP contribution in [0, 0.1) is 6.92 Å². The molecule has 0 radical (unpaired) electrons. The van der Waals surface area contributed by atoms with Gasteiger partial charge >= 0.3 is 6.18 Å². The van der Waals surface area contributed by atoms with Gasteiger partial charge in [-0.1, -0.05) is 24.3 Å². The lowest BCUT2D eigenvalue weighted by Gasteiger charge is -2.23. The third-order valence-corrected chi connectivity index (χ3v) is 3.55. The third kappa shape index (κ3) is 4.96. The maximum Gasteiger partial charge on any atom is 0.416 e. The van der Waals surface area contributed by atoms with E-state index in [0.717, 1.165) is 6.07 Å². The number of nitrogens with one attached hydrogen (secondary N) is 1. The second-order valence-electron chi connectivity index (χ2n) is 5.86. The Morgan fingerprint density at radius 3 is 2.40 bits per heavy atom. The van der Waals surface area contributed by atoms with Crippen molar-refractivity contribution in [2.45, 2.75) is 25.6 Å². The van der Waals surface area contributed by atoms with Gasteiger partial charge in [0.2, 0.25) is 0 Å². The third-order valence-electron chi connectivity index (χ3n) is 3.55. The lowest BCUT2D eigenvalue weighted by molar-refractivity contribution is -0.138. The molecule has 1 amide bonds. The fourth-order valence-corrected chi connectivity index (χ4v) is 2.08. The number of amides is 1. The molecule has 0 fully saturated rings. The number of para-hydroxylation sites is 1. The summed E-state index contributed by atoms with van der Waals surface area (Å²) in [6.07, 6.45) is -4.52. The summed E-state index contributed by atoms with van der Waals surface area (Å²) in [6.45, 7) is 2.21. The van der Waals surface area contributed by atoms with Crippen LogP contribution in [-0.4, -0.2) is 23.2 Å². The Morgan fingerprint density at radius 2 is 1.80 bits per heavy atom. The summed E-state index contributed by atoms with van der Waals surface area (Å²) in [4.78, 5) is 12.2. The molecule has 0 aliphatic rings. The SMILES string of the molecule is Cc1ccc(NC(=O)C(C)(O)COc2ccccc2)cc1C(F)(F)F. The first-order valence-corrected chi connectivity index (χ1v) is 7.49. The van der Waals surface area contributed by atoms with Gasteiger partial charge in [-0.3, -0.25) is 4.79 Å². The van der Waals surface area contributed by atoms with E-state index in [0.29, 0.717) is 5.75 Å². The summed E-state index contributed by atoms with van der Waals surface area (Å²) < 4.78 is 44.1. The summed E-state index contributed by atoms with van der Waals surface area (Å²) in [7, 11) is 0. The van der Waals surface area contributed by atoms with Crippen molar-refractivity contribution in [1.82, 2.24) is 0 Å². The first-order chi connectivity index (χ1) is 11.6. The number of hydrogen-bond acceptors (Lipinski definition) is 3. The van der Waals surface area contributed by atoms with Gasteiger partial charge in [0, 0.05) is 5.69 Å². The van der Waals surface area contributed by atoms with Crippen LogP contribution in [0.3, 0.4) is 0 Å². The van der Waals surface area contributed by atoms with Crippen LogP contribution in [0.1, 0.15) is 18.1 Å². The van der Waals surface area contributed by atoms with Crippen LogP contribution in [0.2, 0.25) is 0 Å². The van der Waals surface area contributed by atoms with Gasteiger partial charge in [-0.15, -0.1) is 0 Å². The van der Waals surface area contributed by atoms with Crippen molar-refractivity contribution >= 4 is 11.6 Å². The molecule has 0 heterocycles. The van der Waals surface area contributed by atoms with E-state index in [1.807, 2.05) is 0 Å². The van der Waals surface area contributed by atoms with E-state index in [9.17, 15) is 23.1 Å². The molecule has 25 heavy (non-hydrogen) atoms. The molecule has 0 saturated carbocycles. The Labute approximate surface area is 143 Å². The van der Waals surface area contributed by atoms with Crippen LogP contribution in [0.25, 0.3) is 0 Å². The zero-order valence-electron chi connectivity index (χ0n) is 13.7. The average Bonchev–Trinajstić information content (AvgIpc) is 2.54. The van der Waals surface area contributed by atoms with Crippen molar-refractivity contribution in [2.24, 2.45) is 0 Å². The molecule has 2 rings (SSSR count). The number of carbonyl (C=O) groups is 1. The van der Waals surface area contributed by atoms with E-state index >= 15 is 0 Å². The predicted molar refractivity (Wildman–Crippen MR) is 87.4 cm³/mol. The number of aryl methyl sites for hydroxylation is 1. The van der Waals surface area contributed by atoms with E-state index < -0.39 is 23.2 Å². The maximum atomic E-state index is 12.9. The topological polar surface area (TPSA) is 58.6 Å². The zero-order valence-corrected chi connectivity index (χ0v) is 13.7. The first kappa shape index (κ1) is 18.8. The van der Waals surface area contributed by atoms with E-state index in [1.54, 1.807) is 30.3 Å². The molecule has 2 aromatic carbocycles. The Bertz CT molecular complexity index is 743. The van der Waals surface area contributed by atoms with Crippen molar-refractivity contribution < 1.29 is 27.8 Å². The molecule has 1 unspecified atom stereocenters. The fourth-order valence-electron chi connectivity index (χ4n) is 2.08. The van der Waals surface area contributed by atoms with Crippen LogP contribution < -0.4 is 10.1 Å². The second kappa shape index (κ2) is 7.14. The number of hydrogen-bond donors (Lipinski definition) is 2. The molecule has 0 saturated heterocycles. The van der Waals surface area contributed by atoms with Gasteiger partial charge in [0.05, 0.1) is 5.56 Å². The molecular formula is C18H18F3NO3. The molecule has 0 aliphatic carbocycles. The minimum absolute atomic E-state index is 0.0460. The summed E-state index contributed by atoms with van der Waals surface area (Å²) in [5, 5.41) is 12.5. The lowest BCUT2D eigenvalue weighted by atomic mass is 10.1. The summed E-state index contributed by atoms with van der Waals surface area (Å²) in [5.74, 6) is -0.398. The Balaban J connectivity index is 2.07. The highest BCUT2D eigenvalue weighted by Gasteiger charge is 2.34. The average molecular weight is 353 g/mol. The van der Waals surface area contributed by atoms with Gasteiger partial charge in [-0.2, -0.15) is 13.2 Å². The normalized spacial score (nSPS) is 13.8. The maximum absolute atomic E-state index is 12.9. The number of benzene rings is 2. The number of halogens is 3. The molecule has 2 N–H and O–H groups in total. The van der Waals surface area contributed by atoms with Gasteiger partial charge in [0.1, 0.15) is 12.4 Å². The molecule has 0 spiro atoms. The monoisotopic (exact) mass is 353 g/mol. The number of rotatable bonds is 5. The van der Waals surface area contributed by atoms with Crippen LogP contribution in [0.4, 0.5) is 18.9 Å². The van der Waals surface area contributed by atoms with Gasteiger partial charge in [-0.05, 0) is 43.7 Å². The van der Waals surface area contributed by atoms with Crippen LogP contribution in [0.5, 0.6) is 5.75 Å². The molecule has 0 aliphatic heterocycles. The quantitative estimate of drug-likeness (QED) is 0.860. The molecule has 2 aromatic rings. The molecule has 4 nitrogen and oxygen atoms in total. The molecule has 134 valence electrons. The van der Waals surface area contributed by atoms with Crippen LogP contribution >= 0.6 is 0 Å². The van der Waals surface area contributed by atoms with Gasteiger partial charge < -0.3 is 15.2 Å². The standard InChI is InChI=1S/C18H18F3NO3/c1-12-8-9-13(10-15(12)18(19,20)21)22-16(23)17(2,24)11-25-14-6-4-3-5-7-14/h3-10,24H,11H2,1-2H3,(H,22,23). The summed E-state index contributed by atoms with van der Waals surface area (Å²) in [5.41, 5.74) is -2.77. The van der Waals surface area contributed by atoms with Crippen molar-refractivity contribution in [1.29, 1.82) is 0 Å². The van der Waals surface area contributed by atoms with Gasteiger partial charge in [0.25, 0.3) is 5.91 Å². The highest BCUT2D eigenvalue weighted by Crippen LogP contribution is 2.33. The Morgan fingerprint density at radius 1 is 1.16 bits per heavy atom. The van der Waals surface area contributed by atoms with E-state index in [2.05, 4.69) is 5.32 Å². The highest BCUT2D eigenvalue weighted by atomic mass is 19.4. The largest absolute Gasteiger partial charge is 0.490 e. The van der Waals surface area contributed by atoms with Crippen LogP contribution in [-0.2, 0) is 11.0 Å². The van der Waals surface area contributed by atoms with Crippen molar-refractivity contribution in [3.05, 3.63) is 59.7 Å². The van der Waals surface area contributed by atoms with Gasteiger partial charge in [-0.25, -0.2) is 0 Å². The van der Waals surface area contributed by atoms with E-state index in [1.165, 1.54) is 26.0 Å². The minimum Gasteiger partial charge on any atom is -0.490 e. The Hall–Kier alpha value is -2.54. The van der Waals surface area contributed by atoms with E-state index in [-0.39, 0.29) is 17.9 Å². The Kier molecular flexibility index (Phi) is 5.37. The lowest BCUT2D eigenvalue weighted by Crippen LogP contribution is -2.45. The molecule has 7 heteroatoms. The second-order valence-corrected chi connectivity index (χ2v) is 5.86. The number of anilines is 1. The van der Waals surface area contributed by atoms with Crippen molar-refractivity contribution in [3.63, 3.8) is 0 Å². The predicted octanol–water partition coefficient (Wildman–Crippen LogP) is 3.78. The zero-order chi connectivity index (χ0) is 18.7. The first-order valence-electron chi connectivity index (χ1n) is 7.49. The minimum atomic E-state index is -4.52. The van der Waals surface area contributed by atoms with Crippen LogP contribution in [0.15, 0.2) is 48.5 Å². The molecule has 0 bridgehead atoms. The van der Waals surface area contributed by atoms with Crippen molar-refractivity contribution in [3.8, 4) is 5.75 Å². The van der Waals surface area contributed by atoms with E-state index in [4.69, 9.17) is 4.74 Å². The molecule has 0 aromatic heterocycles. The summed E-state index contributed by atoms with van der Waals surface area (Å²) >= 11 is 0. The number of aliphatic hydroxyl groups is 1. The van der Waals surface area contributed by atoms with Crippen molar-refractivity contribution in [2.75, 3.05) is 11.9 Å². The van der Waals surface area contributed by atoms with Gasteiger partial charge in [0.15, 0.2) is 5.60 Å². The number of ether oxygens (including phenoxy) is 1. The molecular weight excluding hydrogens is 335 g/mol. The summed E-state index contributed by atoms with van der Waals surface area (Å²) in [6, 6.07) is 12.0. The number of alkyl halides is 3.